The van der Waals surface area contributed by atoms with E-state index in [1.807, 2.05) is 12.1 Å². The van der Waals surface area contributed by atoms with Gasteiger partial charge < -0.3 is 4.74 Å². The van der Waals surface area contributed by atoms with E-state index in [1.54, 1.807) is 25.3 Å². The number of benzene rings is 2. The third-order valence-corrected chi connectivity index (χ3v) is 5.10. The second kappa shape index (κ2) is 7.63. The minimum absolute atomic E-state index is 0.0120. The van der Waals surface area contributed by atoms with Crippen molar-refractivity contribution in [2.45, 2.75) is 0 Å². The van der Waals surface area contributed by atoms with Gasteiger partial charge >= 0.3 is 0 Å². The molecular weight excluding hydrogens is 422 g/mol. The van der Waals surface area contributed by atoms with E-state index in [-0.39, 0.29) is 11.6 Å². The molecule has 0 atom stereocenters. The van der Waals surface area contributed by atoms with E-state index < -0.39 is 4.92 Å². The van der Waals surface area contributed by atoms with E-state index in [4.69, 9.17) is 4.74 Å². The molecule has 26 heavy (non-hydrogen) atoms. The normalized spacial score (nSPS) is 11.0. The van der Waals surface area contributed by atoms with Crippen LogP contribution < -0.4 is 10.2 Å². The maximum Gasteiger partial charge on any atom is 0.281 e. The number of nitrogens with one attached hydrogen (secondary N) is 1. The summed E-state index contributed by atoms with van der Waals surface area (Å²) in [7, 11) is 1.55. The first-order valence-corrected chi connectivity index (χ1v) is 8.94. The molecule has 1 heterocycles. The molecule has 0 spiro atoms. The van der Waals surface area contributed by atoms with Gasteiger partial charge in [-0.1, -0.05) is 15.9 Å². The summed E-state index contributed by atoms with van der Waals surface area (Å²) in [5.41, 5.74) is 3.14. The zero-order valence-electron chi connectivity index (χ0n) is 13.4. The Morgan fingerprint density at radius 1 is 1.31 bits per heavy atom. The van der Waals surface area contributed by atoms with Crippen LogP contribution in [0.25, 0.3) is 10.1 Å². The van der Waals surface area contributed by atoms with Crippen LogP contribution in [0, 0.1) is 10.1 Å². The average Bonchev–Trinajstić information content (AvgIpc) is 3.05. The first-order chi connectivity index (χ1) is 12.5. The van der Waals surface area contributed by atoms with Crippen molar-refractivity contribution in [2.75, 3.05) is 7.11 Å². The van der Waals surface area contributed by atoms with Gasteiger partial charge in [-0.15, -0.1) is 11.3 Å². The number of hydrogen-bond donors (Lipinski definition) is 1. The van der Waals surface area contributed by atoms with E-state index in [0.29, 0.717) is 21.6 Å². The second-order valence-electron chi connectivity index (χ2n) is 5.18. The number of non-ortho nitro benzene ring substituents is 1. The number of hydrazone groups is 1. The highest BCUT2D eigenvalue weighted by molar-refractivity contribution is 9.10. The molecule has 3 aromatic rings. The van der Waals surface area contributed by atoms with E-state index in [1.165, 1.54) is 29.7 Å². The molecule has 7 nitrogen and oxygen atoms in total. The Kier molecular flexibility index (Phi) is 5.29. The first kappa shape index (κ1) is 18.0. The number of nitrogens with zero attached hydrogens (tertiary/aromatic N) is 2. The van der Waals surface area contributed by atoms with Gasteiger partial charge in [-0.2, -0.15) is 5.10 Å². The lowest BCUT2D eigenvalue weighted by atomic mass is 10.2. The molecule has 1 amide bonds. The number of halogens is 1. The van der Waals surface area contributed by atoms with E-state index in [0.717, 1.165) is 9.17 Å². The van der Waals surface area contributed by atoms with Crippen LogP contribution in [0.1, 0.15) is 15.2 Å². The van der Waals surface area contributed by atoms with Crippen molar-refractivity contribution in [3.05, 3.63) is 67.5 Å². The number of methoxy groups -OCH3 is 1. The number of nitro groups is 1. The van der Waals surface area contributed by atoms with Crippen LogP contribution >= 0.6 is 27.3 Å². The van der Waals surface area contributed by atoms with Crippen LogP contribution in [-0.4, -0.2) is 24.2 Å². The molecule has 0 saturated heterocycles. The third kappa shape index (κ3) is 3.89. The fraction of sp³-hybridized carbons (Fsp3) is 0.0588. The molecule has 0 bridgehead atoms. The maximum atomic E-state index is 12.3. The molecule has 2 aromatic carbocycles. The Morgan fingerprint density at radius 3 is 2.85 bits per heavy atom. The number of hydrogen-bond acceptors (Lipinski definition) is 6. The topological polar surface area (TPSA) is 93.8 Å². The molecular formula is C17H12BrN3O4S. The summed E-state index contributed by atoms with van der Waals surface area (Å²) in [6.07, 6.45) is 1.49. The molecule has 0 aliphatic carbocycles. The quantitative estimate of drug-likeness (QED) is 0.367. The highest BCUT2D eigenvalue weighted by Crippen LogP contribution is 2.29. The van der Waals surface area contributed by atoms with Crippen molar-refractivity contribution in [3.8, 4) is 5.75 Å². The molecule has 132 valence electrons. The van der Waals surface area contributed by atoms with Crippen LogP contribution in [0.3, 0.4) is 0 Å². The molecule has 0 aliphatic heterocycles. The maximum absolute atomic E-state index is 12.3. The standard InChI is InChI=1S/C17H12BrN3O4S/c1-25-14-4-2-12(18)6-11(14)9-19-20-17(22)16-8-10-7-13(21(23)24)3-5-15(10)26-16/h2-9H,1H3,(H,20,22)/b19-9-. The number of amides is 1. The number of ether oxygens (including phenoxy) is 1. The molecule has 1 N–H and O–H groups in total. The van der Waals surface area contributed by atoms with E-state index >= 15 is 0 Å². The van der Waals surface area contributed by atoms with Gasteiger partial charge in [0.25, 0.3) is 11.6 Å². The Labute approximate surface area is 160 Å². The second-order valence-corrected chi connectivity index (χ2v) is 7.17. The summed E-state index contributed by atoms with van der Waals surface area (Å²) in [5.74, 6) is 0.236. The van der Waals surface area contributed by atoms with Crippen molar-refractivity contribution in [2.24, 2.45) is 5.10 Å². The summed E-state index contributed by atoms with van der Waals surface area (Å²) in [6.45, 7) is 0. The van der Waals surface area contributed by atoms with Gasteiger partial charge in [-0.3, -0.25) is 14.9 Å². The molecule has 0 aliphatic rings. The molecule has 9 heteroatoms. The van der Waals surface area contributed by atoms with Crippen LogP contribution in [-0.2, 0) is 0 Å². The summed E-state index contributed by atoms with van der Waals surface area (Å²) in [6, 6.07) is 11.5. The average molecular weight is 434 g/mol. The van der Waals surface area contributed by atoms with Crippen molar-refractivity contribution >= 4 is 55.2 Å². The lowest BCUT2D eigenvalue weighted by Crippen LogP contribution is -2.16. The fourth-order valence-electron chi connectivity index (χ4n) is 2.28. The molecule has 0 fully saturated rings. The molecule has 1 aromatic heterocycles. The van der Waals surface area contributed by atoms with Gasteiger partial charge in [0.15, 0.2) is 0 Å². The lowest BCUT2D eigenvalue weighted by molar-refractivity contribution is -0.384. The van der Waals surface area contributed by atoms with Crippen LogP contribution in [0.5, 0.6) is 5.75 Å². The van der Waals surface area contributed by atoms with Gasteiger partial charge in [-0.25, -0.2) is 5.43 Å². The molecule has 0 saturated carbocycles. The number of thiophene rings is 1. The molecule has 3 rings (SSSR count). The zero-order valence-corrected chi connectivity index (χ0v) is 15.8. The first-order valence-electron chi connectivity index (χ1n) is 7.33. The largest absolute Gasteiger partial charge is 0.496 e. The van der Waals surface area contributed by atoms with Gasteiger partial charge in [0.1, 0.15) is 5.75 Å². The zero-order chi connectivity index (χ0) is 18.7. The van der Waals surface area contributed by atoms with Crippen LogP contribution in [0.15, 0.2) is 52.0 Å². The summed E-state index contributed by atoms with van der Waals surface area (Å²) in [4.78, 5) is 23.0. The van der Waals surface area contributed by atoms with Gasteiger partial charge in [0.2, 0.25) is 0 Å². The lowest BCUT2D eigenvalue weighted by Gasteiger charge is -2.04. The summed E-state index contributed by atoms with van der Waals surface area (Å²) >= 11 is 4.61. The highest BCUT2D eigenvalue weighted by Gasteiger charge is 2.13. The van der Waals surface area contributed by atoms with Crippen molar-refractivity contribution in [1.82, 2.24) is 5.43 Å². The Morgan fingerprint density at radius 2 is 2.12 bits per heavy atom. The minimum Gasteiger partial charge on any atom is -0.496 e. The number of nitro benzene ring substituents is 1. The van der Waals surface area contributed by atoms with E-state index in [2.05, 4.69) is 26.5 Å². The Balaban J connectivity index is 1.77. The SMILES string of the molecule is COc1ccc(Br)cc1/C=N\NC(=O)c1cc2cc([N+](=O)[O-])ccc2s1. The Bertz CT molecular complexity index is 1030. The number of fused-ring (bicyclic) bond motifs is 1. The smallest absolute Gasteiger partial charge is 0.281 e. The molecule has 0 unspecified atom stereocenters. The predicted molar refractivity (Wildman–Crippen MR) is 104 cm³/mol. The molecule has 0 radical (unpaired) electrons. The summed E-state index contributed by atoms with van der Waals surface area (Å²) < 4.78 is 6.88. The van der Waals surface area contributed by atoms with Crippen LogP contribution in [0.4, 0.5) is 5.69 Å². The van der Waals surface area contributed by atoms with E-state index in [9.17, 15) is 14.9 Å². The van der Waals surface area contributed by atoms with Crippen LogP contribution in [0.2, 0.25) is 0 Å². The summed E-state index contributed by atoms with van der Waals surface area (Å²) in [5, 5.41) is 15.4. The number of rotatable bonds is 5. The number of carbonyl (C=O) groups is 1. The number of carbonyl (C=O) groups excluding carboxylic acids is 1. The predicted octanol–water partition coefficient (Wildman–Crippen LogP) is 4.34. The van der Waals surface area contributed by atoms with Gasteiger partial charge in [-0.05, 0) is 30.3 Å². The van der Waals surface area contributed by atoms with Gasteiger partial charge in [0.05, 0.1) is 23.1 Å². The minimum atomic E-state index is -0.466. The van der Waals surface area contributed by atoms with Crippen molar-refractivity contribution in [1.29, 1.82) is 0 Å². The van der Waals surface area contributed by atoms with Crippen molar-refractivity contribution < 1.29 is 14.5 Å². The fourth-order valence-corrected chi connectivity index (χ4v) is 3.59. The van der Waals surface area contributed by atoms with Gasteiger partial charge in [0, 0.05) is 32.3 Å². The Hall–Kier alpha value is -2.78. The van der Waals surface area contributed by atoms with Crippen molar-refractivity contribution in [3.63, 3.8) is 0 Å². The monoisotopic (exact) mass is 433 g/mol. The third-order valence-electron chi connectivity index (χ3n) is 3.50. The highest BCUT2D eigenvalue weighted by atomic mass is 79.9.